The molecule has 5 rings (SSSR count). The largest absolute Gasteiger partial charge is 0.372 e. The van der Waals surface area contributed by atoms with Crippen LogP contribution in [0.4, 0.5) is 15.9 Å². The van der Waals surface area contributed by atoms with Crippen LogP contribution in [0.5, 0.6) is 0 Å². The minimum absolute atomic E-state index is 0.0199. The van der Waals surface area contributed by atoms with Gasteiger partial charge >= 0.3 is 0 Å². The van der Waals surface area contributed by atoms with Crippen molar-refractivity contribution in [3.63, 3.8) is 0 Å². The molecule has 152 valence electrons. The molecule has 2 heterocycles. The van der Waals surface area contributed by atoms with Crippen molar-refractivity contribution < 1.29 is 4.39 Å². The van der Waals surface area contributed by atoms with E-state index >= 15 is 0 Å². The molecule has 2 atom stereocenters. The Morgan fingerprint density at radius 3 is 2.71 bits per heavy atom. The van der Waals surface area contributed by atoms with E-state index in [4.69, 9.17) is 5.26 Å². The van der Waals surface area contributed by atoms with Crippen molar-refractivity contribution in [2.75, 3.05) is 17.4 Å². The third kappa shape index (κ3) is 3.28. The molecule has 2 unspecified atom stereocenters. The monoisotopic (exact) mass is 410 g/mol. The molecule has 0 saturated carbocycles. The minimum Gasteiger partial charge on any atom is -0.372 e. The minimum atomic E-state index is -0.548. The highest BCUT2D eigenvalue weighted by molar-refractivity contribution is 5.80. The smallest absolute Gasteiger partial charge is 0.148 e. The van der Waals surface area contributed by atoms with Gasteiger partial charge < -0.3 is 5.32 Å². The molecule has 3 aromatic rings. The van der Waals surface area contributed by atoms with Gasteiger partial charge in [0.2, 0.25) is 0 Å². The number of para-hydroxylation sites is 1. The highest BCUT2D eigenvalue weighted by Crippen LogP contribution is 2.34. The summed E-state index contributed by atoms with van der Waals surface area (Å²) in [6, 6.07) is 18.5. The average Bonchev–Trinajstić information content (AvgIpc) is 3.43. The summed E-state index contributed by atoms with van der Waals surface area (Å²) in [6.07, 6.45) is 8.18. The molecule has 0 bridgehead atoms. The number of benzene rings is 2. The van der Waals surface area contributed by atoms with Crippen molar-refractivity contribution in [3.8, 4) is 17.3 Å². The summed E-state index contributed by atoms with van der Waals surface area (Å²) in [6.45, 7) is 0. The van der Waals surface area contributed by atoms with Gasteiger partial charge in [0.05, 0.1) is 28.7 Å². The van der Waals surface area contributed by atoms with Gasteiger partial charge in [-0.05, 0) is 36.4 Å². The average molecular weight is 410 g/mol. The van der Waals surface area contributed by atoms with Gasteiger partial charge in [-0.25, -0.2) is 9.07 Å². The number of rotatable bonds is 4. The number of nitrogens with zero attached hydrogens (tertiary/aromatic N) is 5. The summed E-state index contributed by atoms with van der Waals surface area (Å²) < 4.78 is 16.0. The number of halogens is 1. The van der Waals surface area contributed by atoms with E-state index in [0.717, 1.165) is 17.1 Å². The molecule has 0 fully saturated rings. The number of nitriles is 1. The van der Waals surface area contributed by atoms with Gasteiger partial charge in [-0.15, -0.1) is 5.10 Å². The number of hydrogen-bond acceptors (Lipinski definition) is 5. The first-order valence-electron chi connectivity index (χ1n) is 9.94. The van der Waals surface area contributed by atoms with Gasteiger partial charge in [-0.2, -0.15) is 10.4 Å². The maximum atomic E-state index is 14.3. The van der Waals surface area contributed by atoms with Gasteiger partial charge in [-0.3, -0.25) is 5.01 Å². The van der Waals surface area contributed by atoms with E-state index in [0.29, 0.717) is 11.4 Å². The molecule has 0 saturated heterocycles. The summed E-state index contributed by atoms with van der Waals surface area (Å²) >= 11 is 0. The highest BCUT2D eigenvalue weighted by Gasteiger charge is 2.31. The summed E-state index contributed by atoms with van der Waals surface area (Å²) in [5.74, 6) is 0.212. The van der Waals surface area contributed by atoms with E-state index in [9.17, 15) is 4.39 Å². The van der Waals surface area contributed by atoms with Crippen LogP contribution in [-0.2, 0) is 0 Å². The first-order chi connectivity index (χ1) is 15.2. The number of anilines is 2. The molecule has 0 radical (unpaired) electrons. The van der Waals surface area contributed by atoms with Gasteiger partial charge in [0, 0.05) is 30.8 Å². The van der Waals surface area contributed by atoms with Gasteiger partial charge in [0.1, 0.15) is 17.7 Å². The van der Waals surface area contributed by atoms with E-state index in [-0.39, 0.29) is 17.5 Å². The highest BCUT2D eigenvalue weighted by atomic mass is 19.1. The van der Waals surface area contributed by atoms with Crippen LogP contribution in [0, 0.1) is 23.1 Å². The van der Waals surface area contributed by atoms with E-state index in [1.54, 1.807) is 17.8 Å². The molecule has 0 amide bonds. The van der Waals surface area contributed by atoms with E-state index in [2.05, 4.69) is 27.7 Å². The predicted molar refractivity (Wildman–Crippen MR) is 120 cm³/mol. The second-order valence-electron chi connectivity index (χ2n) is 7.35. The van der Waals surface area contributed by atoms with Crippen molar-refractivity contribution in [2.24, 2.45) is 11.0 Å². The standard InChI is InChI=1S/C24H19FN6/c1-27-24-13-23(16-7-8-17(14-26)21(25)12-16)31(29-24)20-9-10-22-18(11-20)15-28-30(22)19-5-3-2-4-6-19/h2-13,15,18,22H,1H3,(H,27,29). The van der Waals surface area contributed by atoms with Crippen LogP contribution in [0.1, 0.15) is 5.56 Å². The second kappa shape index (κ2) is 7.58. The van der Waals surface area contributed by atoms with Crippen molar-refractivity contribution in [1.82, 2.24) is 9.78 Å². The zero-order chi connectivity index (χ0) is 21.4. The van der Waals surface area contributed by atoms with Crippen molar-refractivity contribution in [3.05, 3.63) is 84.2 Å². The fraction of sp³-hybridized carbons (Fsp3) is 0.125. The molecule has 1 aliphatic carbocycles. The zero-order valence-corrected chi connectivity index (χ0v) is 16.8. The van der Waals surface area contributed by atoms with Crippen molar-refractivity contribution in [2.45, 2.75) is 6.04 Å². The van der Waals surface area contributed by atoms with Crippen molar-refractivity contribution >= 4 is 23.4 Å². The summed E-state index contributed by atoms with van der Waals surface area (Å²) in [4.78, 5) is 0. The Bertz CT molecular complexity index is 1260. The van der Waals surface area contributed by atoms with Gasteiger partial charge in [0.25, 0.3) is 0 Å². The lowest BCUT2D eigenvalue weighted by molar-refractivity contribution is 0.624. The molecule has 0 spiro atoms. The molecule has 31 heavy (non-hydrogen) atoms. The molecule has 6 nitrogen and oxygen atoms in total. The Kier molecular flexibility index (Phi) is 4.60. The van der Waals surface area contributed by atoms with Crippen LogP contribution < -0.4 is 10.3 Å². The molecule has 1 aromatic heterocycles. The number of fused-ring (bicyclic) bond motifs is 1. The summed E-state index contributed by atoms with van der Waals surface area (Å²) in [5, 5.41) is 23.3. The number of nitrogens with one attached hydrogen (secondary N) is 1. The molecule has 2 aromatic carbocycles. The van der Waals surface area contributed by atoms with Gasteiger partial charge in [0.15, 0.2) is 0 Å². The van der Waals surface area contributed by atoms with Crippen LogP contribution >= 0.6 is 0 Å². The molecule has 2 aliphatic rings. The van der Waals surface area contributed by atoms with E-state index in [1.807, 2.05) is 59.8 Å². The topological polar surface area (TPSA) is 69.2 Å². The Morgan fingerprint density at radius 1 is 1.13 bits per heavy atom. The van der Waals surface area contributed by atoms with Crippen LogP contribution in [-0.4, -0.2) is 29.1 Å². The zero-order valence-electron chi connectivity index (χ0n) is 16.8. The maximum Gasteiger partial charge on any atom is 0.148 e. The Morgan fingerprint density at radius 2 is 1.97 bits per heavy atom. The predicted octanol–water partition coefficient (Wildman–Crippen LogP) is 4.50. The normalized spacial score (nSPS) is 19.1. The summed E-state index contributed by atoms with van der Waals surface area (Å²) in [5.41, 5.74) is 3.32. The number of allylic oxidation sites excluding steroid dienone is 2. The number of hydrazone groups is 1. The molecule has 7 heteroatoms. The van der Waals surface area contributed by atoms with Crippen LogP contribution in [0.25, 0.3) is 17.0 Å². The molecule has 1 aliphatic heterocycles. The molecule has 1 N–H and O–H groups in total. The lowest BCUT2D eigenvalue weighted by Crippen LogP contribution is -2.31. The first kappa shape index (κ1) is 18.8. The lowest BCUT2D eigenvalue weighted by Gasteiger charge is -2.26. The van der Waals surface area contributed by atoms with Gasteiger partial charge in [-0.1, -0.05) is 30.3 Å². The second-order valence-corrected chi connectivity index (χ2v) is 7.35. The third-order valence-electron chi connectivity index (χ3n) is 5.48. The summed E-state index contributed by atoms with van der Waals surface area (Å²) in [7, 11) is 1.79. The maximum absolute atomic E-state index is 14.3. The quantitative estimate of drug-likeness (QED) is 0.687. The lowest BCUT2D eigenvalue weighted by atomic mass is 9.95. The number of hydrogen-bond donors (Lipinski definition) is 1. The first-order valence-corrected chi connectivity index (χ1v) is 9.94. The fourth-order valence-corrected chi connectivity index (χ4v) is 3.91. The Labute approximate surface area is 179 Å². The SMILES string of the molecule is CNc1cc(-c2ccc(C#N)c(F)c2)n(C2=CC3C=NN(c4ccccc4)C3C=C2)n1. The fourth-order valence-electron chi connectivity index (χ4n) is 3.91. The molecular formula is C24H19FN6. The third-order valence-corrected chi connectivity index (χ3v) is 5.48. The van der Waals surface area contributed by atoms with E-state index < -0.39 is 5.82 Å². The van der Waals surface area contributed by atoms with Crippen LogP contribution in [0.2, 0.25) is 0 Å². The molecular weight excluding hydrogens is 391 g/mol. The number of aromatic nitrogens is 2. The van der Waals surface area contributed by atoms with Crippen molar-refractivity contribution in [1.29, 1.82) is 5.26 Å². The van der Waals surface area contributed by atoms with Crippen LogP contribution in [0.3, 0.4) is 0 Å². The van der Waals surface area contributed by atoms with E-state index in [1.165, 1.54) is 12.1 Å². The van der Waals surface area contributed by atoms with Crippen LogP contribution in [0.15, 0.2) is 77.9 Å². The Hall–Kier alpha value is -4.18. The Balaban J connectivity index is 1.50.